The van der Waals surface area contributed by atoms with Crippen molar-refractivity contribution >= 4 is 16.6 Å². The molecule has 98 valence electrons. The lowest BCUT2D eigenvalue weighted by Crippen LogP contribution is -2.00. The second-order valence-corrected chi connectivity index (χ2v) is 5.22. The third kappa shape index (κ3) is 1.90. The SMILES string of the molecule is Nc1cc(-c2cncc3ccccc23)nc(C2CC2)n1. The summed E-state index contributed by atoms with van der Waals surface area (Å²) in [6.07, 6.45) is 6.04. The summed E-state index contributed by atoms with van der Waals surface area (Å²) in [7, 11) is 0. The zero-order valence-corrected chi connectivity index (χ0v) is 11.0. The van der Waals surface area contributed by atoms with Gasteiger partial charge in [0.1, 0.15) is 11.6 Å². The van der Waals surface area contributed by atoms with Gasteiger partial charge >= 0.3 is 0 Å². The van der Waals surface area contributed by atoms with E-state index in [0.29, 0.717) is 11.7 Å². The van der Waals surface area contributed by atoms with Gasteiger partial charge in [0.15, 0.2) is 0 Å². The van der Waals surface area contributed by atoms with Crippen LogP contribution in [0.1, 0.15) is 24.6 Å². The van der Waals surface area contributed by atoms with Crippen molar-refractivity contribution < 1.29 is 0 Å². The van der Waals surface area contributed by atoms with Gasteiger partial charge in [-0.2, -0.15) is 0 Å². The molecule has 0 spiro atoms. The zero-order valence-electron chi connectivity index (χ0n) is 11.0. The Bertz CT molecular complexity index is 788. The molecular formula is C16H14N4. The normalized spacial score (nSPS) is 14.6. The fraction of sp³-hybridized carbons (Fsp3) is 0.188. The molecule has 0 saturated heterocycles. The number of anilines is 1. The Kier molecular flexibility index (Phi) is 2.42. The van der Waals surface area contributed by atoms with Crippen molar-refractivity contribution in [3.8, 4) is 11.3 Å². The molecule has 1 aliphatic carbocycles. The first-order chi connectivity index (χ1) is 9.81. The summed E-state index contributed by atoms with van der Waals surface area (Å²) in [5.74, 6) is 1.89. The Labute approximate surface area is 116 Å². The number of nitrogens with zero attached hydrogens (tertiary/aromatic N) is 3. The van der Waals surface area contributed by atoms with Crippen molar-refractivity contribution in [2.75, 3.05) is 5.73 Å². The van der Waals surface area contributed by atoms with E-state index in [1.807, 2.05) is 30.6 Å². The first kappa shape index (κ1) is 11.3. The molecule has 2 heterocycles. The lowest BCUT2D eigenvalue weighted by atomic mass is 10.1. The van der Waals surface area contributed by atoms with E-state index in [9.17, 15) is 0 Å². The highest BCUT2D eigenvalue weighted by Gasteiger charge is 2.27. The standard InChI is InChI=1S/C16H14N4/c17-15-7-14(19-16(20-15)10-5-6-10)13-9-18-8-11-3-1-2-4-12(11)13/h1-4,7-10H,5-6H2,(H2,17,19,20). The molecule has 4 rings (SSSR count). The van der Waals surface area contributed by atoms with Gasteiger partial charge in [-0.15, -0.1) is 0 Å². The number of rotatable bonds is 2. The number of hydrogen-bond donors (Lipinski definition) is 1. The lowest BCUT2D eigenvalue weighted by Gasteiger charge is -2.08. The molecule has 1 saturated carbocycles. The molecule has 1 fully saturated rings. The minimum atomic E-state index is 0.486. The topological polar surface area (TPSA) is 64.7 Å². The van der Waals surface area contributed by atoms with Crippen LogP contribution >= 0.6 is 0 Å². The number of fused-ring (bicyclic) bond motifs is 1. The third-order valence-electron chi connectivity index (χ3n) is 3.65. The van der Waals surface area contributed by atoms with Crippen molar-refractivity contribution in [1.29, 1.82) is 0 Å². The maximum atomic E-state index is 5.93. The van der Waals surface area contributed by atoms with Crippen LogP contribution in [-0.2, 0) is 0 Å². The highest BCUT2D eigenvalue weighted by Crippen LogP contribution is 2.39. The number of aromatic nitrogens is 3. The Morgan fingerprint density at radius 1 is 1.05 bits per heavy atom. The summed E-state index contributed by atoms with van der Waals surface area (Å²) >= 11 is 0. The van der Waals surface area contributed by atoms with Crippen LogP contribution in [0.4, 0.5) is 5.82 Å². The predicted molar refractivity (Wildman–Crippen MR) is 79.2 cm³/mol. The minimum Gasteiger partial charge on any atom is -0.384 e. The fourth-order valence-electron chi connectivity index (χ4n) is 2.47. The molecule has 4 heteroatoms. The molecule has 2 N–H and O–H groups in total. The van der Waals surface area contributed by atoms with Crippen molar-refractivity contribution in [2.45, 2.75) is 18.8 Å². The highest BCUT2D eigenvalue weighted by atomic mass is 15.0. The Morgan fingerprint density at radius 2 is 1.90 bits per heavy atom. The van der Waals surface area contributed by atoms with Crippen molar-refractivity contribution in [1.82, 2.24) is 15.0 Å². The van der Waals surface area contributed by atoms with Crippen molar-refractivity contribution in [3.05, 3.63) is 48.5 Å². The van der Waals surface area contributed by atoms with Crippen molar-refractivity contribution in [2.24, 2.45) is 0 Å². The van der Waals surface area contributed by atoms with E-state index in [2.05, 4.69) is 27.1 Å². The molecule has 0 aliphatic heterocycles. The van der Waals surface area contributed by atoms with Crippen LogP contribution in [-0.4, -0.2) is 15.0 Å². The number of pyridine rings is 1. The molecule has 0 atom stereocenters. The summed E-state index contributed by atoms with van der Waals surface area (Å²) in [6.45, 7) is 0. The Hall–Kier alpha value is -2.49. The van der Waals surface area contributed by atoms with Gasteiger partial charge in [-0.3, -0.25) is 4.98 Å². The van der Waals surface area contributed by atoms with E-state index in [4.69, 9.17) is 5.73 Å². The van der Waals surface area contributed by atoms with E-state index >= 15 is 0 Å². The molecule has 3 aromatic rings. The van der Waals surface area contributed by atoms with Crippen LogP contribution in [0.5, 0.6) is 0 Å². The summed E-state index contributed by atoms with van der Waals surface area (Å²) in [6, 6.07) is 10.0. The van der Waals surface area contributed by atoms with Gasteiger partial charge in [-0.05, 0) is 18.2 Å². The van der Waals surface area contributed by atoms with Gasteiger partial charge in [0.05, 0.1) is 5.69 Å². The maximum Gasteiger partial charge on any atom is 0.134 e. The third-order valence-corrected chi connectivity index (χ3v) is 3.65. The van der Waals surface area contributed by atoms with Crippen molar-refractivity contribution in [3.63, 3.8) is 0 Å². The molecule has 1 aromatic carbocycles. The second kappa shape index (κ2) is 4.27. The summed E-state index contributed by atoms with van der Waals surface area (Å²) in [4.78, 5) is 13.3. The van der Waals surface area contributed by atoms with Crippen LogP contribution < -0.4 is 5.73 Å². The van der Waals surface area contributed by atoms with Gasteiger partial charge in [0.25, 0.3) is 0 Å². The summed E-state index contributed by atoms with van der Waals surface area (Å²) < 4.78 is 0. The van der Waals surface area contributed by atoms with E-state index in [1.54, 1.807) is 0 Å². The van der Waals surface area contributed by atoms with Crippen LogP contribution in [0.25, 0.3) is 22.0 Å². The van der Waals surface area contributed by atoms with Gasteiger partial charge in [0, 0.05) is 35.3 Å². The molecule has 1 aliphatic rings. The molecule has 20 heavy (non-hydrogen) atoms. The second-order valence-electron chi connectivity index (χ2n) is 5.22. The largest absolute Gasteiger partial charge is 0.384 e. The van der Waals surface area contributed by atoms with Gasteiger partial charge < -0.3 is 5.73 Å². The minimum absolute atomic E-state index is 0.486. The highest BCUT2D eigenvalue weighted by molar-refractivity contribution is 5.95. The van der Waals surface area contributed by atoms with Gasteiger partial charge in [-0.25, -0.2) is 9.97 Å². The molecule has 0 unspecified atom stereocenters. The van der Waals surface area contributed by atoms with E-state index in [1.165, 1.54) is 0 Å². The number of benzene rings is 1. The van der Waals surface area contributed by atoms with Crippen LogP contribution in [0, 0.1) is 0 Å². The van der Waals surface area contributed by atoms with Gasteiger partial charge in [-0.1, -0.05) is 24.3 Å². The van der Waals surface area contributed by atoms with E-state index < -0.39 is 0 Å². The average molecular weight is 262 g/mol. The maximum absolute atomic E-state index is 5.93. The fourth-order valence-corrected chi connectivity index (χ4v) is 2.47. The quantitative estimate of drug-likeness (QED) is 0.770. The first-order valence-corrected chi connectivity index (χ1v) is 6.79. The molecule has 0 amide bonds. The van der Waals surface area contributed by atoms with Crippen LogP contribution in [0.15, 0.2) is 42.7 Å². The zero-order chi connectivity index (χ0) is 13.5. The molecular weight excluding hydrogens is 248 g/mol. The molecule has 2 aromatic heterocycles. The number of nitrogen functional groups attached to an aromatic ring is 1. The molecule has 0 radical (unpaired) electrons. The molecule has 0 bridgehead atoms. The predicted octanol–water partition coefficient (Wildman–Crippen LogP) is 3.15. The van der Waals surface area contributed by atoms with Gasteiger partial charge in [0.2, 0.25) is 0 Å². The van der Waals surface area contributed by atoms with E-state index in [0.717, 1.165) is 40.7 Å². The Morgan fingerprint density at radius 3 is 2.75 bits per heavy atom. The number of hydrogen-bond acceptors (Lipinski definition) is 4. The summed E-state index contributed by atoms with van der Waals surface area (Å²) in [5, 5.41) is 2.25. The molecule has 4 nitrogen and oxygen atoms in total. The lowest BCUT2D eigenvalue weighted by molar-refractivity contribution is 0.936. The average Bonchev–Trinajstić information content (AvgIpc) is 3.30. The smallest absolute Gasteiger partial charge is 0.134 e. The van der Waals surface area contributed by atoms with E-state index in [-0.39, 0.29) is 0 Å². The monoisotopic (exact) mass is 262 g/mol. The Balaban J connectivity index is 1.94. The van der Waals surface area contributed by atoms with Crippen LogP contribution in [0.2, 0.25) is 0 Å². The first-order valence-electron chi connectivity index (χ1n) is 6.79. The van der Waals surface area contributed by atoms with Crippen LogP contribution in [0.3, 0.4) is 0 Å². The number of nitrogens with two attached hydrogens (primary N) is 1. The summed E-state index contributed by atoms with van der Waals surface area (Å²) in [5.41, 5.74) is 7.81.